The van der Waals surface area contributed by atoms with Crippen LogP contribution in [0.5, 0.6) is 5.75 Å². The minimum absolute atomic E-state index is 0.276. The SMILES string of the molecule is COc1ccccc1[C@H](C)CC(=N)CCNc1ccccn1. The average Bonchev–Trinajstić information content (AvgIpc) is 2.55. The average molecular weight is 297 g/mol. The maximum absolute atomic E-state index is 8.16. The highest BCUT2D eigenvalue weighted by Crippen LogP contribution is 2.28. The topological polar surface area (TPSA) is 58.0 Å². The summed E-state index contributed by atoms with van der Waals surface area (Å²) in [4.78, 5) is 4.21. The summed E-state index contributed by atoms with van der Waals surface area (Å²) < 4.78 is 5.40. The van der Waals surface area contributed by atoms with Gasteiger partial charge in [0.25, 0.3) is 0 Å². The van der Waals surface area contributed by atoms with E-state index in [4.69, 9.17) is 10.1 Å². The summed E-state index contributed by atoms with van der Waals surface area (Å²) in [7, 11) is 1.69. The Labute approximate surface area is 132 Å². The van der Waals surface area contributed by atoms with Crippen LogP contribution < -0.4 is 10.1 Å². The van der Waals surface area contributed by atoms with Gasteiger partial charge in [0.05, 0.1) is 7.11 Å². The summed E-state index contributed by atoms with van der Waals surface area (Å²) in [6.45, 7) is 2.87. The molecule has 116 valence electrons. The number of pyridine rings is 1. The molecule has 0 aliphatic carbocycles. The highest BCUT2D eigenvalue weighted by atomic mass is 16.5. The molecule has 0 aliphatic rings. The summed E-state index contributed by atoms with van der Waals surface area (Å²) in [5, 5.41) is 11.4. The van der Waals surface area contributed by atoms with E-state index in [-0.39, 0.29) is 5.92 Å². The van der Waals surface area contributed by atoms with Gasteiger partial charge >= 0.3 is 0 Å². The Hall–Kier alpha value is -2.36. The van der Waals surface area contributed by atoms with Gasteiger partial charge in [0.2, 0.25) is 0 Å². The largest absolute Gasteiger partial charge is 0.496 e. The third-order valence-corrected chi connectivity index (χ3v) is 3.62. The third-order valence-electron chi connectivity index (χ3n) is 3.62. The molecule has 0 saturated carbocycles. The van der Waals surface area contributed by atoms with Crippen LogP contribution in [0.3, 0.4) is 0 Å². The van der Waals surface area contributed by atoms with Gasteiger partial charge in [0.15, 0.2) is 0 Å². The standard InChI is InChI=1S/C18H23N3O/c1-14(16-7-3-4-8-17(16)22-2)13-15(19)10-12-21-18-9-5-6-11-20-18/h3-9,11,14,19H,10,12-13H2,1-2H3,(H,20,21)/t14-/m1/s1. The van der Waals surface area contributed by atoms with Crippen molar-refractivity contribution in [2.45, 2.75) is 25.7 Å². The van der Waals surface area contributed by atoms with Crippen molar-refractivity contribution < 1.29 is 4.74 Å². The Morgan fingerprint density at radius 3 is 2.73 bits per heavy atom. The molecule has 0 fully saturated rings. The fourth-order valence-corrected chi connectivity index (χ4v) is 2.46. The van der Waals surface area contributed by atoms with Crippen LogP contribution in [0.15, 0.2) is 48.7 Å². The highest BCUT2D eigenvalue weighted by molar-refractivity contribution is 5.82. The molecule has 1 aromatic heterocycles. The molecule has 4 nitrogen and oxygen atoms in total. The normalized spacial score (nSPS) is 11.7. The monoisotopic (exact) mass is 297 g/mol. The molecule has 0 spiro atoms. The first kappa shape index (κ1) is 16.0. The summed E-state index contributed by atoms with van der Waals surface area (Å²) >= 11 is 0. The lowest BCUT2D eigenvalue weighted by Gasteiger charge is -2.16. The van der Waals surface area contributed by atoms with Gasteiger partial charge in [0, 0.05) is 24.9 Å². The molecule has 2 aromatic rings. The first-order chi connectivity index (χ1) is 10.7. The summed E-state index contributed by atoms with van der Waals surface area (Å²) in [6, 6.07) is 13.8. The van der Waals surface area contributed by atoms with Gasteiger partial charge in [-0.05, 0) is 36.1 Å². The van der Waals surface area contributed by atoms with Crippen molar-refractivity contribution in [3.8, 4) is 5.75 Å². The van der Waals surface area contributed by atoms with Crippen LogP contribution in [-0.2, 0) is 0 Å². The van der Waals surface area contributed by atoms with Crippen molar-refractivity contribution in [2.24, 2.45) is 0 Å². The van der Waals surface area contributed by atoms with E-state index in [1.165, 1.54) is 0 Å². The van der Waals surface area contributed by atoms with Crippen LogP contribution in [0.1, 0.15) is 31.2 Å². The molecule has 0 saturated heterocycles. The van der Waals surface area contributed by atoms with E-state index in [0.717, 1.165) is 42.2 Å². The fraction of sp³-hybridized carbons (Fsp3) is 0.333. The lowest BCUT2D eigenvalue weighted by molar-refractivity contribution is 0.407. The molecule has 0 amide bonds. The van der Waals surface area contributed by atoms with Crippen molar-refractivity contribution >= 4 is 11.5 Å². The van der Waals surface area contributed by atoms with Crippen LogP contribution in [0.4, 0.5) is 5.82 Å². The number of methoxy groups -OCH3 is 1. The van der Waals surface area contributed by atoms with E-state index in [0.29, 0.717) is 0 Å². The number of nitrogens with one attached hydrogen (secondary N) is 2. The molecular formula is C18H23N3O. The summed E-state index contributed by atoms with van der Waals surface area (Å²) in [5.74, 6) is 2.03. The lowest BCUT2D eigenvalue weighted by atomic mass is 9.93. The van der Waals surface area contributed by atoms with Crippen LogP contribution in [-0.4, -0.2) is 24.4 Å². The van der Waals surface area contributed by atoms with Crippen LogP contribution in [0.2, 0.25) is 0 Å². The number of hydrogen-bond acceptors (Lipinski definition) is 4. The second-order valence-electron chi connectivity index (χ2n) is 5.34. The zero-order valence-corrected chi connectivity index (χ0v) is 13.2. The van der Waals surface area contributed by atoms with E-state index in [1.54, 1.807) is 13.3 Å². The smallest absolute Gasteiger partial charge is 0.125 e. The second kappa shape index (κ2) is 8.17. The van der Waals surface area contributed by atoms with Gasteiger partial charge < -0.3 is 15.5 Å². The predicted molar refractivity (Wildman–Crippen MR) is 91.1 cm³/mol. The number of rotatable bonds is 8. The molecule has 2 N–H and O–H groups in total. The Kier molecular flexibility index (Phi) is 5.95. The number of ether oxygens (including phenoxy) is 1. The van der Waals surface area contributed by atoms with Crippen molar-refractivity contribution in [3.63, 3.8) is 0 Å². The molecule has 1 heterocycles. The zero-order valence-electron chi connectivity index (χ0n) is 13.2. The maximum Gasteiger partial charge on any atom is 0.125 e. The molecule has 22 heavy (non-hydrogen) atoms. The number of benzene rings is 1. The molecule has 0 unspecified atom stereocenters. The summed E-state index contributed by atoms with van der Waals surface area (Å²) in [6.07, 6.45) is 3.22. The van der Waals surface area contributed by atoms with Gasteiger partial charge in [-0.2, -0.15) is 0 Å². The summed E-state index contributed by atoms with van der Waals surface area (Å²) in [5.41, 5.74) is 1.90. The zero-order chi connectivity index (χ0) is 15.8. The van der Waals surface area contributed by atoms with E-state index in [9.17, 15) is 0 Å². The molecule has 4 heteroatoms. The van der Waals surface area contributed by atoms with Crippen LogP contribution in [0.25, 0.3) is 0 Å². The van der Waals surface area contributed by atoms with Crippen molar-refractivity contribution in [1.82, 2.24) is 4.98 Å². The quantitative estimate of drug-likeness (QED) is 0.721. The van der Waals surface area contributed by atoms with Gasteiger partial charge in [-0.3, -0.25) is 0 Å². The lowest BCUT2D eigenvalue weighted by Crippen LogP contribution is -2.11. The van der Waals surface area contributed by atoms with Crippen LogP contribution >= 0.6 is 0 Å². The van der Waals surface area contributed by atoms with Gasteiger partial charge in [-0.25, -0.2) is 4.98 Å². The van der Waals surface area contributed by atoms with Crippen molar-refractivity contribution in [1.29, 1.82) is 5.41 Å². The highest BCUT2D eigenvalue weighted by Gasteiger charge is 2.12. The van der Waals surface area contributed by atoms with E-state index in [1.807, 2.05) is 36.4 Å². The van der Waals surface area contributed by atoms with Gasteiger partial charge in [-0.15, -0.1) is 0 Å². The minimum atomic E-state index is 0.276. The number of para-hydroxylation sites is 1. The van der Waals surface area contributed by atoms with E-state index in [2.05, 4.69) is 23.3 Å². The molecule has 1 atom stereocenters. The molecule has 1 aromatic carbocycles. The van der Waals surface area contributed by atoms with Gasteiger partial charge in [0.1, 0.15) is 11.6 Å². The first-order valence-corrected chi connectivity index (χ1v) is 7.55. The molecule has 2 rings (SSSR count). The fourth-order valence-electron chi connectivity index (χ4n) is 2.46. The van der Waals surface area contributed by atoms with Crippen molar-refractivity contribution in [3.05, 3.63) is 54.2 Å². The minimum Gasteiger partial charge on any atom is -0.496 e. The Morgan fingerprint density at radius 1 is 1.23 bits per heavy atom. The number of hydrogen-bond donors (Lipinski definition) is 2. The first-order valence-electron chi connectivity index (χ1n) is 7.55. The molecule has 0 aliphatic heterocycles. The maximum atomic E-state index is 8.16. The van der Waals surface area contributed by atoms with E-state index >= 15 is 0 Å². The van der Waals surface area contributed by atoms with Gasteiger partial charge in [-0.1, -0.05) is 31.2 Å². The van der Waals surface area contributed by atoms with E-state index < -0.39 is 0 Å². The predicted octanol–water partition coefficient (Wildman–Crippen LogP) is 4.11. The second-order valence-corrected chi connectivity index (χ2v) is 5.34. The van der Waals surface area contributed by atoms with Crippen molar-refractivity contribution in [2.75, 3.05) is 19.0 Å². The Balaban J connectivity index is 1.81. The third kappa shape index (κ3) is 4.58. The Morgan fingerprint density at radius 2 is 2.00 bits per heavy atom. The molecular weight excluding hydrogens is 274 g/mol. The Bertz CT molecular complexity index is 598. The van der Waals surface area contributed by atoms with Crippen LogP contribution in [0, 0.1) is 5.41 Å². The molecule has 0 radical (unpaired) electrons. The number of aromatic nitrogens is 1. The molecule has 0 bridgehead atoms. The number of nitrogens with zero attached hydrogens (tertiary/aromatic N) is 1. The number of anilines is 1.